The Labute approximate surface area is 156 Å². The van der Waals surface area contributed by atoms with Gasteiger partial charge in [-0.1, -0.05) is 18.2 Å². The minimum absolute atomic E-state index is 0.412. The zero-order valence-corrected chi connectivity index (χ0v) is 15.1. The van der Waals surface area contributed by atoms with Crippen molar-refractivity contribution in [1.82, 2.24) is 19.4 Å². The smallest absolute Gasteiger partial charge is 0.214 e. The van der Waals surface area contributed by atoms with Gasteiger partial charge in [-0.25, -0.2) is 9.77 Å². The van der Waals surface area contributed by atoms with Gasteiger partial charge in [0.1, 0.15) is 0 Å². The number of aryl methyl sites for hydroxylation is 1. The van der Waals surface area contributed by atoms with Crippen molar-refractivity contribution in [2.24, 2.45) is 0 Å². The second kappa shape index (κ2) is 5.85. The maximum atomic E-state index is 5.95. The summed E-state index contributed by atoms with van der Waals surface area (Å²) in [5.74, 6) is 6.59. The van der Waals surface area contributed by atoms with E-state index in [2.05, 4.69) is 51.2 Å². The molecule has 0 aliphatic heterocycles. The number of hydrogen-bond acceptors (Lipinski definition) is 3. The van der Waals surface area contributed by atoms with E-state index in [9.17, 15) is 0 Å². The molecule has 0 spiro atoms. The lowest BCUT2D eigenvalue weighted by Gasteiger charge is -2.16. The molecule has 0 fully saturated rings. The Kier molecular flexibility index (Phi) is 3.46. The fourth-order valence-corrected chi connectivity index (χ4v) is 4.19. The molecule has 2 heterocycles. The molecule has 0 saturated carbocycles. The van der Waals surface area contributed by atoms with Crippen LogP contribution in [0.15, 0.2) is 48.5 Å². The van der Waals surface area contributed by atoms with E-state index < -0.39 is 0 Å². The maximum Gasteiger partial charge on any atom is 0.214 e. The highest BCUT2D eigenvalue weighted by atomic mass is 32.1. The Hall–Kier alpha value is -2.86. The molecule has 1 aliphatic rings. The van der Waals surface area contributed by atoms with Crippen LogP contribution in [0.2, 0.25) is 0 Å². The largest absolute Gasteiger partial charge is 0.335 e. The normalized spacial score (nSPS) is 13.8. The third-order valence-electron chi connectivity index (χ3n) is 5.27. The third kappa shape index (κ3) is 2.22. The van der Waals surface area contributed by atoms with Gasteiger partial charge >= 0.3 is 0 Å². The average Bonchev–Trinajstić information content (AvgIpc) is 3.20. The Morgan fingerprint density at radius 2 is 1.77 bits per heavy atom. The summed E-state index contributed by atoms with van der Waals surface area (Å²) in [4.78, 5) is 0. The van der Waals surface area contributed by atoms with Crippen LogP contribution in [0, 0.1) is 4.77 Å². The quantitative estimate of drug-likeness (QED) is 0.416. The lowest BCUT2D eigenvalue weighted by atomic mass is 9.95. The first kappa shape index (κ1) is 15.4. The first-order valence-electron chi connectivity index (χ1n) is 8.88. The number of para-hydroxylation sites is 1. The zero-order valence-electron chi connectivity index (χ0n) is 14.3. The van der Waals surface area contributed by atoms with Gasteiger partial charge in [0.25, 0.3) is 0 Å². The van der Waals surface area contributed by atoms with E-state index in [1.807, 2.05) is 12.1 Å². The number of benzene rings is 2. The minimum atomic E-state index is 0.412. The molecule has 0 unspecified atom stereocenters. The van der Waals surface area contributed by atoms with Crippen molar-refractivity contribution in [3.05, 3.63) is 64.6 Å². The van der Waals surface area contributed by atoms with Gasteiger partial charge in [-0.3, -0.25) is 0 Å². The molecule has 5 rings (SSSR count). The number of rotatable bonds is 2. The summed E-state index contributed by atoms with van der Waals surface area (Å²) in [6.07, 6.45) is 4.83. The number of hydrogen-bond donors (Lipinski definition) is 2. The number of H-pyrrole nitrogens is 1. The van der Waals surface area contributed by atoms with E-state index in [1.54, 1.807) is 0 Å². The summed E-state index contributed by atoms with van der Waals surface area (Å²) >= 11 is 5.10. The van der Waals surface area contributed by atoms with E-state index in [0.717, 1.165) is 12.0 Å². The van der Waals surface area contributed by atoms with E-state index in [0.29, 0.717) is 10.6 Å². The second-order valence-electron chi connectivity index (χ2n) is 6.75. The molecule has 0 radical (unpaired) electrons. The molecule has 0 amide bonds. The number of nitrogens with zero attached hydrogens (tertiary/aromatic N) is 3. The Bertz CT molecular complexity index is 1160. The number of nitrogens with two attached hydrogens (primary N) is 1. The van der Waals surface area contributed by atoms with Gasteiger partial charge in [0.15, 0.2) is 5.82 Å². The van der Waals surface area contributed by atoms with Crippen LogP contribution in [0.5, 0.6) is 0 Å². The Balaban J connectivity index is 1.67. The highest BCUT2D eigenvalue weighted by Crippen LogP contribution is 2.34. The van der Waals surface area contributed by atoms with Crippen molar-refractivity contribution >= 4 is 23.1 Å². The molecule has 2 aromatic heterocycles. The summed E-state index contributed by atoms with van der Waals surface area (Å²) < 4.78 is 4.22. The predicted molar refractivity (Wildman–Crippen MR) is 106 cm³/mol. The number of aromatic amines is 1. The molecule has 1 aliphatic carbocycles. The molecule has 0 atom stereocenters. The van der Waals surface area contributed by atoms with E-state index >= 15 is 0 Å². The molecule has 130 valence electrons. The summed E-state index contributed by atoms with van der Waals surface area (Å²) in [6, 6.07) is 17.1. The topological polar surface area (TPSA) is 64.6 Å². The van der Waals surface area contributed by atoms with Gasteiger partial charge in [0, 0.05) is 22.3 Å². The van der Waals surface area contributed by atoms with Crippen molar-refractivity contribution in [1.29, 1.82) is 0 Å². The predicted octanol–water partition coefficient (Wildman–Crippen LogP) is 4.14. The van der Waals surface area contributed by atoms with Crippen LogP contribution in [0.4, 0.5) is 0 Å². The molecule has 3 N–H and O–H groups in total. The lowest BCUT2D eigenvalue weighted by molar-refractivity contribution is 0.667. The molecule has 0 bridgehead atoms. The molecule has 4 aromatic rings. The van der Waals surface area contributed by atoms with Crippen LogP contribution in [-0.4, -0.2) is 19.4 Å². The number of nitrogen functional groups attached to an aromatic ring is 1. The SMILES string of the molecule is Nn1c(-c2ccc(-n3c4c(c5ccccc53)CCCC4)cc2)n[nH]c1=S. The van der Waals surface area contributed by atoms with E-state index in [1.165, 1.54) is 51.8 Å². The maximum absolute atomic E-state index is 5.95. The lowest BCUT2D eigenvalue weighted by Crippen LogP contribution is -2.10. The zero-order chi connectivity index (χ0) is 17.7. The van der Waals surface area contributed by atoms with Gasteiger partial charge < -0.3 is 10.4 Å². The van der Waals surface area contributed by atoms with Crippen LogP contribution in [0.3, 0.4) is 0 Å². The monoisotopic (exact) mass is 361 g/mol. The summed E-state index contributed by atoms with van der Waals surface area (Å²) in [5, 5.41) is 8.32. The number of aromatic nitrogens is 4. The van der Waals surface area contributed by atoms with Crippen LogP contribution in [0.25, 0.3) is 28.0 Å². The van der Waals surface area contributed by atoms with Crippen molar-refractivity contribution < 1.29 is 0 Å². The minimum Gasteiger partial charge on any atom is -0.335 e. The second-order valence-corrected chi connectivity index (χ2v) is 7.14. The van der Waals surface area contributed by atoms with Crippen LogP contribution in [-0.2, 0) is 12.8 Å². The molecule has 26 heavy (non-hydrogen) atoms. The summed E-state index contributed by atoms with van der Waals surface area (Å²) in [7, 11) is 0. The van der Waals surface area contributed by atoms with Gasteiger partial charge in [0.05, 0.1) is 5.52 Å². The van der Waals surface area contributed by atoms with Crippen molar-refractivity contribution in [3.63, 3.8) is 0 Å². The highest BCUT2D eigenvalue weighted by Gasteiger charge is 2.20. The average molecular weight is 361 g/mol. The first-order valence-corrected chi connectivity index (χ1v) is 9.29. The molecule has 2 aromatic carbocycles. The first-order chi connectivity index (χ1) is 12.7. The van der Waals surface area contributed by atoms with E-state index in [4.69, 9.17) is 18.1 Å². The van der Waals surface area contributed by atoms with Gasteiger partial charge in [-0.2, -0.15) is 5.10 Å². The molecule has 0 saturated heterocycles. The van der Waals surface area contributed by atoms with Gasteiger partial charge in [0.2, 0.25) is 4.77 Å². The Morgan fingerprint density at radius 3 is 2.54 bits per heavy atom. The molecular weight excluding hydrogens is 342 g/mol. The third-order valence-corrected chi connectivity index (χ3v) is 5.55. The van der Waals surface area contributed by atoms with Crippen LogP contribution >= 0.6 is 12.2 Å². The Morgan fingerprint density at radius 1 is 1.00 bits per heavy atom. The van der Waals surface area contributed by atoms with Crippen molar-refractivity contribution in [2.75, 3.05) is 5.84 Å². The van der Waals surface area contributed by atoms with Crippen molar-refractivity contribution in [3.8, 4) is 17.1 Å². The van der Waals surface area contributed by atoms with Crippen molar-refractivity contribution in [2.45, 2.75) is 25.7 Å². The molecular formula is C20H19N5S. The van der Waals surface area contributed by atoms with Crippen LogP contribution in [0.1, 0.15) is 24.1 Å². The van der Waals surface area contributed by atoms with Gasteiger partial charge in [-0.15, -0.1) is 0 Å². The fourth-order valence-electron chi connectivity index (χ4n) is 4.06. The van der Waals surface area contributed by atoms with Crippen LogP contribution < -0.4 is 5.84 Å². The number of nitrogens with one attached hydrogen (secondary N) is 1. The number of fused-ring (bicyclic) bond motifs is 3. The standard InChI is InChI=1S/C20H19N5S/c21-25-19(22-23-20(25)26)13-9-11-14(12-10-13)24-17-7-3-1-5-15(17)16-6-2-4-8-18(16)24/h1,3,5,7,9-12H,2,4,6,8,21H2,(H,23,26). The summed E-state index contributed by atoms with van der Waals surface area (Å²) in [5.41, 5.74) is 6.36. The summed E-state index contributed by atoms with van der Waals surface area (Å²) in [6.45, 7) is 0. The highest BCUT2D eigenvalue weighted by molar-refractivity contribution is 7.71. The molecule has 5 nitrogen and oxygen atoms in total. The molecule has 6 heteroatoms. The van der Waals surface area contributed by atoms with E-state index in [-0.39, 0.29) is 0 Å². The fraction of sp³-hybridized carbons (Fsp3) is 0.200. The van der Waals surface area contributed by atoms with Gasteiger partial charge in [-0.05, 0) is 73.8 Å².